The van der Waals surface area contributed by atoms with E-state index >= 15 is 0 Å². The molecule has 0 unspecified atom stereocenters. The van der Waals surface area contributed by atoms with Crippen LogP contribution in [0, 0.1) is 0 Å². The van der Waals surface area contributed by atoms with Gasteiger partial charge in [-0.05, 0) is 44.4 Å². The largest absolute Gasteiger partial charge is 0.497 e. The molecule has 0 spiro atoms. The van der Waals surface area contributed by atoms with Crippen LogP contribution < -0.4 is 10.2 Å². The molecule has 0 saturated carbocycles. The van der Waals surface area contributed by atoms with Crippen LogP contribution >= 0.6 is 0 Å². The maximum absolute atomic E-state index is 12.8. The predicted octanol–water partition coefficient (Wildman–Crippen LogP) is 2.66. The smallest absolute Gasteiger partial charge is 0.259 e. The number of likely N-dealkylation sites (tertiary alicyclic amines) is 1. The Kier molecular flexibility index (Phi) is 4.37. The SMILES string of the molecule is CCn1cc(C(=O)N2CCCCC2)c(=O)c2cc(OC)ccc21. The Morgan fingerprint density at radius 1 is 1.22 bits per heavy atom. The molecule has 1 amide bonds. The van der Waals surface area contributed by atoms with Gasteiger partial charge in [-0.15, -0.1) is 0 Å². The highest BCUT2D eigenvalue weighted by Crippen LogP contribution is 2.20. The molecule has 122 valence electrons. The van der Waals surface area contributed by atoms with E-state index in [0.29, 0.717) is 17.7 Å². The van der Waals surface area contributed by atoms with E-state index in [-0.39, 0.29) is 16.9 Å². The Hall–Kier alpha value is -2.30. The first-order valence-electron chi connectivity index (χ1n) is 8.16. The molecule has 1 fully saturated rings. The zero-order chi connectivity index (χ0) is 16.4. The van der Waals surface area contributed by atoms with Crippen LogP contribution in [0.1, 0.15) is 36.5 Å². The summed E-state index contributed by atoms with van der Waals surface area (Å²) in [5.41, 5.74) is 0.877. The fourth-order valence-electron chi connectivity index (χ4n) is 3.18. The summed E-state index contributed by atoms with van der Waals surface area (Å²) in [5, 5.41) is 0.536. The molecule has 0 atom stereocenters. The number of benzene rings is 1. The lowest BCUT2D eigenvalue weighted by atomic mass is 10.1. The minimum atomic E-state index is -0.209. The zero-order valence-corrected chi connectivity index (χ0v) is 13.7. The van der Waals surface area contributed by atoms with Gasteiger partial charge in [0.1, 0.15) is 11.3 Å². The van der Waals surface area contributed by atoms with E-state index in [1.807, 2.05) is 23.6 Å². The molecule has 23 heavy (non-hydrogen) atoms. The van der Waals surface area contributed by atoms with Crippen LogP contribution in [0.3, 0.4) is 0 Å². The summed E-state index contributed by atoms with van der Waals surface area (Å²) in [6.45, 7) is 4.17. The Balaban J connectivity index is 2.14. The van der Waals surface area contributed by atoms with E-state index in [1.54, 1.807) is 24.3 Å². The van der Waals surface area contributed by atoms with Gasteiger partial charge in [0.25, 0.3) is 5.91 Å². The van der Waals surface area contributed by atoms with Gasteiger partial charge in [0.2, 0.25) is 5.43 Å². The van der Waals surface area contributed by atoms with Crippen molar-refractivity contribution in [3.8, 4) is 5.75 Å². The fourth-order valence-corrected chi connectivity index (χ4v) is 3.18. The van der Waals surface area contributed by atoms with Gasteiger partial charge in [-0.3, -0.25) is 9.59 Å². The van der Waals surface area contributed by atoms with E-state index in [2.05, 4.69) is 0 Å². The van der Waals surface area contributed by atoms with Gasteiger partial charge < -0.3 is 14.2 Å². The molecule has 2 aromatic rings. The molecule has 0 bridgehead atoms. The third-order valence-electron chi connectivity index (χ3n) is 4.50. The number of pyridine rings is 1. The minimum Gasteiger partial charge on any atom is -0.497 e. The lowest BCUT2D eigenvalue weighted by Gasteiger charge is -2.27. The van der Waals surface area contributed by atoms with Crippen molar-refractivity contribution in [2.75, 3.05) is 20.2 Å². The van der Waals surface area contributed by atoms with Crippen LogP contribution in [0.25, 0.3) is 10.9 Å². The number of hydrogen-bond donors (Lipinski definition) is 0. The molecule has 0 aliphatic carbocycles. The number of rotatable bonds is 3. The van der Waals surface area contributed by atoms with Gasteiger partial charge in [-0.2, -0.15) is 0 Å². The highest BCUT2D eigenvalue weighted by atomic mass is 16.5. The summed E-state index contributed by atoms with van der Waals surface area (Å²) in [5.74, 6) is 0.474. The number of nitrogens with zero attached hydrogens (tertiary/aromatic N) is 2. The van der Waals surface area contributed by atoms with E-state index in [1.165, 1.54) is 0 Å². The number of amides is 1. The first-order chi connectivity index (χ1) is 11.2. The Morgan fingerprint density at radius 3 is 2.61 bits per heavy atom. The zero-order valence-electron chi connectivity index (χ0n) is 13.7. The molecule has 1 aromatic heterocycles. The summed E-state index contributed by atoms with van der Waals surface area (Å²) < 4.78 is 7.18. The van der Waals surface area contributed by atoms with Crippen molar-refractivity contribution in [2.45, 2.75) is 32.7 Å². The maximum Gasteiger partial charge on any atom is 0.259 e. The maximum atomic E-state index is 12.8. The summed E-state index contributed by atoms with van der Waals surface area (Å²) in [6.07, 6.45) is 4.87. The summed E-state index contributed by atoms with van der Waals surface area (Å²) in [4.78, 5) is 27.4. The van der Waals surface area contributed by atoms with Crippen LogP contribution in [0.2, 0.25) is 0 Å². The van der Waals surface area contributed by atoms with Crippen LogP contribution in [0.4, 0.5) is 0 Å². The number of fused-ring (bicyclic) bond motifs is 1. The van der Waals surface area contributed by atoms with Crippen molar-refractivity contribution in [1.29, 1.82) is 0 Å². The normalized spacial score (nSPS) is 15.0. The molecule has 5 nitrogen and oxygen atoms in total. The van der Waals surface area contributed by atoms with E-state index < -0.39 is 0 Å². The number of carbonyl (C=O) groups is 1. The second kappa shape index (κ2) is 6.44. The predicted molar refractivity (Wildman–Crippen MR) is 90.2 cm³/mol. The first kappa shape index (κ1) is 15.6. The lowest BCUT2D eigenvalue weighted by molar-refractivity contribution is 0.0722. The highest BCUT2D eigenvalue weighted by Gasteiger charge is 2.22. The molecule has 1 aromatic carbocycles. The molecule has 2 heterocycles. The van der Waals surface area contributed by atoms with Gasteiger partial charge in [-0.1, -0.05) is 0 Å². The quantitative estimate of drug-likeness (QED) is 0.875. The van der Waals surface area contributed by atoms with Crippen LogP contribution in [-0.4, -0.2) is 35.6 Å². The van der Waals surface area contributed by atoms with Crippen molar-refractivity contribution < 1.29 is 9.53 Å². The van der Waals surface area contributed by atoms with Crippen LogP contribution in [0.15, 0.2) is 29.2 Å². The van der Waals surface area contributed by atoms with Crippen LogP contribution in [-0.2, 0) is 6.54 Å². The van der Waals surface area contributed by atoms with E-state index in [4.69, 9.17) is 4.74 Å². The molecule has 0 radical (unpaired) electrons. The average Bonchev–Trinajstić information content (AvgIpc) is 2.62. The first-order valence-corrected chi connectivity index (χ1v) is 8.16. The molecule has 1 aliphatic rings. The fraction of sp³-hybridized carbons (Fsp3) is 0.444. The highest BCUT2D eigenvalue weighted by molar-refractivity contribution is 5.97. The Bertz CT molecular complexity index is 789. The second-order valence-electron chi connectivity index (χ2n) is 5.89. The Labute approximate surface area is 135 Å². The van der Waals surface area contributed by atoms with Crippen molar-refractivity contribution in [1.82, 2.24) is 9.47 Å². The molecule has 1 aliphatic heterocycles. The third kappa shape index (κ3) is 2.83. The number of carbonyl (C=O) groups excluding carboxylic acids is 1. The van der Waals surface area contributed by atoms with Crippen LogP contribution in [0.5, 0.6) is 5.75 Å². The minimum absolute atomic E-state index is 0.151. The van der Waals surface area contributed by atoms with Gasteiger partial charge in [0.15, 0.2) is 0 Å². The van der Waals surface area contributed by atoms with Crippen molar-refractivity contribution in [3.63, 3.8) is 0 Å². The topological polar surface area (TPSA) is 51.5 Å². The number of aromatic nitrogens is 1. The second-order valence-corrected chi connectivity index (χ2v) is 5.89. The van der Waals surface area contributed by atoms with Crippen molar-refractivity contribution in [2.24, 2.45) is 0 Å². The summed E-state index contributed by atoms with van der Waals surface area (Å²) in [7, 11) is 1.57. The van der Waals surface area contributed by atoms with Crippen molar-refractivity contribution in [3.05, 3.63) is 40.2 Å². The third-order valence-corrected chi connectivity index (χ3v) is 4.50. The molecule has 1 saturated heterocycles. The average molecular weight is 314 g/mol. The molecule has 0 N–H and O–H groups in total. The lowest BCUT2D eigenvalue weighted by Crippen LogP contribution is -2.38. The number of aryl methyl sites for hydroxylation is 1. The van der Waals surface area contributed by atoms with Crippen molar-refractivity contribution >= 4 is 16.8 Å². The number of hydrogen-bond acceptors (Lipinski definition) is 3. The number of piperidine rings is 1. The summed E-state index contributed by atoms with van der Waals surface area (Å²) in [6, 6.07) is 5.42. The molecule has 5 heteroatoms. The van der Waals surface area contributed by atoms with E-state index in [9.17, 15) is 9.59 Å². The summed E-state index contributed by atoms with van der Waals surface area (Å²) >= 11 is 0. The van der Waals surface area contributed by atoms with Gasteiger partial charge >= 0.3 is 0 Å². The monoisotopic (exact) mass is 314 g/mol. The Morgan fingerprint density at radius 2 is 1.96 bits per heavy atom. The molecular formula is C18H22N2O3. The van der Waals surface area contributed by atoms with Gasteiger partial charge in [0, 0.05) is 25.8 Å². The van der Waals surface area contributed by atoms with E-state index in [0.717, 1.165) is 37.9 Å². The molecule has 3 rings (SSSR count). The number of methoxy groups -OCH3 is 1. The van der Waals surface area contributed by atoms with Gasteiger partial charge in [-0.25, -0.2) is 0 Å². The number of ether oxygens (including phenoxy) is 1. The standard InChI is InChI=1S/C18H22N2O3/c1-3-19-12-15(18(22)20-9-5-4-6-10-20)17(21)14-11-13(23-2)7-8-16(14)19/h7-8,11-12H,3-6,9-10H2,1-2H3. The van der Waals surface area contributed by atoms with Gasteiger partial charge in [0.05, 0.1) is 18.0 Å². The molecular weight excluding hydrogens is 292 g/mol.